The van der Waals surface area contributed by atoms with Crippen LogP contribution in [0.1, 0.15) is 135 Å². The molecular weight excluding hydrogens is 1070 g/mol. The van der Waals surface area contributed by atoms with Crippen molar-refractivity contribution in [2.45, 2.75) is 136 Å². The Morgan fingerprint density at radius 3 is 1.89 bits per heavy atom. The van der Waals surface area contributed by atoms with E-state index in [0.29, 0.717) is 0 Å². The highest BCUT2D eigenvalue weighted by atomic mass is 32.1. The van der Waals surface area contributed by atoms with Crippen molar-refractivity contribution in [3.63, 3.8) is 0 Å². The minimum atomic E-state index is -0.215. The molecule has 0 fully saturated rings. The van der Waals surface area contributed by atoms with Crippen LogP contribution in [0.25, 0.3) is 64.4 Å². The Kier molecular flexibility index (Phi) is 11.7. The highest BCUT2D eigenvalue weighted by Gasteiger charge is 2.49. The fourth-order valence-corrected chi connectivity index (χ4v) is 17.0. The summed E-state index contributed by atoms with van der Waals surface area (Å²) in [6.07, 6.45) is 4.58. The summed E-state index contributed by atoms with van der Waals surface area (Å²) in [5, 5.41) is 4.81. The molecule has 2 aromatic heterocycles. The Morgan fingerprint density at radius 1 is 0.494 bits per heavy atom. The number of anilines is 8. The summed E-state index contributed by atoms with van der Waals surface area (Å²) in [7, 11) is 0. The van der Waals surface area contributed by atoms with E-state index in [4.69, 9.17) is 4.42 Å². The molecule has 4 nitrogen and oxygen atoms in total. The fraction of sp³-hybridized carbons (Fsp3) is 0.259. The molecule has 6 heteroatoms. The monoisotopic (exact) mass is 1150 g/mol. The van der Waals surface area contributed by atoms with Crippen LogP contribution < -0.4 is 25.5 Å². The molecule has 2 aliphatic heterocycles. The van der Waals surface area contributed by atoms with Gasteiger partial charge in [-0.3, -0.25) is 0 Å². The van der Waals surface area contributed by atoms with Gasteiger partial charge in [-0.2, -0.15) is 0 Å². The molecule has 0 N–H and O–H groups in total. The zero-order valence-corrected chi connectivity index (χ0v) is 53.4. The van der Waals surface area contributed by atoms with Crippen molar-refractivity contribution in [2.24, 2.45) is 0 Å². The lowest BCUT2D eigenvalue weighted by molar-refractivity contribution is 0.332. The largest absolute Gasteiger partial charge is 0.454 e. The minimum absolute atomic E-state index is 0.00349. The van der Waals surface area contributed by atoms with E-state index in [1.165, 1.54) is 115 Å². The van der Waals surface area contributed by atoms with Crippen molar-refractivity contribution < 1.29 is 4.42 Å². The van der Waals surface area contributed by atoms with E-state index in [1.807, 2.05) is 11.3 Å². The van der Waals surface area contributed by atoms with Crippen LogP contribution >= 0.6 is 11.3 Å². The van der Waals surface area contributed by atoms with Crippen molar-refractivity contribution in [1.82, 2.24) is 0 Å². The van der Waals surface area contributed by atoms with Gasteiger partial charge in [0.05, 0.1) is 16.1 Å². The highest BCUT2D eigenvalue weighted by Crippen LogP contribution is 2.57. The Labute approximate surface area is 518 Å². The summed E-state index contributed by atoms with van der Waals surface area (Å²) in [5.41, 5.74) is 26.9. The maximum Gasteiger partial charge on any atom is 0.333 e. The van der Waals surface area contributed by atoms with Crippen LogP contribution in [-0.2, 0) is 27.1 Å². The van der Waals surface area contributed by atoms with Gasteiger partial charge < -0.3 is 19.0 Å². The number of nitrogens with zero attached hydrogens (tertiary/aromatic N) is 3. The van der Waals surface area contributed by atoms with Gasteiger partial charge >= 0.3 is 6.85 Å². The van der Waals surface area contributed by atoms with E-state index in [2.05, 4.69) is 292 Å². The maximum absolute atomic E-state index is 7.09. The first-order valence-electron chi connectivity index (χ1n) is 31.7. The Morgan fingerprint density at radius 2 is 1.15 bits per heavy atom. The molecule has 0 unspecified atom stereocenters. The molecule has 4 heterocycles. The smallest absolute Gasteiger partial charge is 0.333 e. The van der Waals surface area contributed by atoms with E-state index in [0.717, 1.165) is 64.7 Å². The topological polar surface area (TPSA) is 22.9 Å². The minimum Gasteiger partial charge on any atom is -0.454 e. The summed E-state index contributed by atoms with van der Waals surface area (Å²) in [6.45, 7) is 28.8. The highest BCUT2D eigenvalue weighted by molar-refractivity contribution is 7.26. The molecule has 0 amide bonds. The number of hydrogen-bond acceptors (Lipinski definition) is 5. The second-order valence-electron chi connectivity index (χ2n) is 29.4. The van der Waals surface area contributed by atoms with E-state index < -0.39 is 0 Å². The van der Waals surface area contributed by atoms with Gasteiger partial charge in [0.25, 0.3) is 0 Å². The zero-order chi connectivity index (χ0) is 59.8. The van der Waals surface area contributed by atoms with Gasteiger partial charge in [-0.25, -0.2) is 0 Å². The van der Waals surface area contributed by atoms with Crippen LogP contribution in [0.2, 0.25) is 0 Å². The summed E-state index contributed by atoms with van der Waals surface area (Å²) in [4.78, 5) is 8.01. The van der Waals surface area contributed by atoms with Crippen molar-refractivity contribution in [1.29, 1.82) is 0 Å². The van der Waals surface area contributed by atoms with Crippen LogP contribution in [0.4, 0.5) is 45.5 Å². The van der Waals surface area contributed by atoms with Crippen molar-refractivity contribution >= 4 is 117 Å². The predicted molar refractivity (Wildman–Crippen MR) is 374 cm³/mol. The third-order valence-electron chi connectivity index (χ3n) is 21.0. The third kappa shape index (κ3) is 8.22. The number of fused-ring (bicyclic) bond motifs is 13. The molecule has 0 atom stereocenters. The molecule has 87 heavy (non-hydrogen) atoms. The quantitative estimate of drug-likeness (QED) is 0.155. The van der Waals surface area contributed by atoms with E-state index >= 15 is 0 Å². The van der Waals surface area contributed by atoms with Gasteiger partial charge in [0.1, 0.15) is 5.58 Å². The van der Waals surface area contributed by atoms with Crippen LogP contribution in [0.15, 0.2) is 199 Å². The van der Waals surface area contributed by atoms with Gasteiger partial charge in [-0.1, -0.05) is 204 Å². The van der Waals surface area contributed by atoms with E-state index in [9.17, 15) is 0 Å². The first-order valence-corrected chi connectivity index (χ1v) is 32.5. The second-order valence-corrected chi connectivity index (χ2v) is 30.5. The van der Waals surface area contributed by atoms with Gasteiger partial charge in [-0.15, -0.1) is 11.3 Å². The predicted octanol–water partition coefficient (Wildman–Crippen LogP) is 22.1. The van der Waals surface area contributed by atoms with Crippen LogP contribution in [-0.4, -0.2) is 6.85 Å². The van der Waals surface area contributed by atoms with Gasteiger partial charge in [0, 0.05) is 65.9 Å². The molecule has 0 radical (unpaired) electrons. The Balaban J connectivity index is 1.07. The van der Waals surface area contributed by atoms with E-state index in [1.54, 1.807) is 0 Å². The molecule has 0 bridgehead atoms. The Bertz CT molecular complexity index is 4840. The third-order valence-corrected chi connectivity index (χ3v) is 22.2. The first kappa shape index (κ1) is 54.1. The second kappa shape index (κ2) is 18.8. The molecule has 16 rings (SSSR count). The van der Waals surface area contributed by atoms with Crippen molar-refractivity contribution in [2.75, 3.05) is 14.6 Å². The van der Waals surface area contributed by atoms with Gasteiger partial charge in [0.15, 0.2) is 5.58 Å². The molecule has 430 valence electrons. The average Bonchev–Trinajstić information content (AvgIpc) is 1.58. The zero-order valence-electron chi connectivity index (χ0n) is 52.5. The first-order chi connectivity index (χ1) is 41.6. The number of thiophene rings is 1. The maximum atomic E-state index is 7.09. The van der Waals surface area contributed by atoms with Crippen LogP contribution in [0, 0.1) is 6.92 Å². The summed E-state index contributed by atoms with van der Waals surface area (Å²) in [5.74, 6) is 0. The van der Waals surface area contributed by atoms with Crippen molar-refractivity contribution in [3.8, 4) is 22.3 Å². The lowest BCUT2D eigenvalue weighted by Crippen LogP contribution is -2.61. The van der Waals surface area contributed by atoms with Crippen LogP contribution in [0.3, 0.4) is 0 Å². The number of aryl methyl sites for hydroxylation is 1. The number of furan rings is 1. The number of hydrogen-bond donors (Lipinski definition) is 0. The number of benzene rings is 10. The van der Waals surface area contributed by atoms with Crippen LogP contribution in [0.5, 0.6) is 0 Å². The molecule has 4 aliphatic rings. The number of para-hydroxylation sites is 2. The SMILES string of the molecule is Cc1cc2c(cc1N1c3cc(-c4ccccc4)ccc3B3c4c(cc(N(c5ccc(C(C)(C)C)cc5)c5cccc6c5oc5ccccc56)cc41)-c1ccc4c(sc5ccccc54)c1N3c1ccc3c(c1)C(C)(C)CCC3(C)C)C(C)(C)CCC2(C)C. The molecule has 2 aliphatic carbocycles. The summed E-state index contributed by atoms with van der Waals surface area (Å²) < 4.78 is 9.70. The van der Waals surface area contributed by atoms with Gasteiger partial charge in [0.2, 0.25) is 0 Å². The summed E-state index contributed by atoms with van der Waals surface area (Å²) >= 11 is 1.94. The Hall–Kier alpha value is -8.32. The fourth-order valence-electron chi connectivity index (χ4n) is 15.8. The molecule has 0 saturated heterocycles. The standard InChI is InChI=1S/C81H76BN3OS/c1-49-43-63-65(81(11,12)42-41-79(63,7)8)48-68(49)84-69-44-51(50-21-14-13-15-22-50)29-38-66(69)82-73-61(45-55(47-70(73)84)83(53-32-30-52(31-33-53)77(2,3)4)67-26-20-25-59-56-23-16-18-27-71(56)86-75(59)67)58-35-36-60-57-24-17-19-28-72(57)87-76(60)74(58)85(82)54-34-37-62-64(46-54)80(9,10)40-39-78(62,5)6/h13-38,43-48H,39-42H2,1-12H3. The number of rotatable bonds is 6. The molecule has 12 aromatic rings. The molecular formula is C81H76BN3OS. The molecule has 0 saturated carbocycles. The summed E-state index contributed by atoms with van der Waals surface area (Å²) in [6, 6.07) is 74.8. The lowest BCUT2D eigenvalue weighted by Gasteiger charge is -2.48. The lowest BCUT2D eigenvalue weighted by atomic mass is 9.43. The van der Waals surface area contributed by atoms with Crippen molar-refractivity contribution in [3.05, 3.63) is 228 Å². The molecule has 10 aromatic carbocycles. The van der Waals surface area contributed by atoms with Gasteiger partial charge in [-0.05, 0) is 187 Å². The average molecular weight is 1150 g/mol. The normalized spacial score (nSPS) is 16.9. The molecule has 0 spiro atoms. The van der Waals surface area contributed by atoms with E-state index in [-0.39, 0.29) is 33.9 Å².